The largest absolute Gasteiger partial charge is 0.506 e. The first-order chi connectivity index (χ1) is 14.2. The normalized spacial score (nSPS) is 19.4. The smallest absolute Gasteiger partial charge is 0.191 e. The summed E-state index contributed by atoms with van der Waals surface area (Å²) in [6, 6.07) is 7.72. The Balaban J connectivity index is 1.49. The van der Waals surface area contributed by atoms with Crippen molar-refractivity contribution in [3.8, 4) is 5.75 Å². The molecule has 8 heteroatoms. The van der Waals surface area contributed by atoms with Gasteiger partial charge in [0.2, 0.25) is 0 Å². The second-order valence-electron chi connectivity index (χ2n) is 7.14. The number of carbonyl (C=O) groups is 1. The van der Waals surface area contributed by atoms with Crippen LogP contribution in [-0.2, 0) is 4.74 Å². The first-order valence-corrected chi connectivity index (χ1v) is 9.65. The molecule has 0 radical (unpaired) electrons. The van der Waals surface area contributed by atoms with Crippen LogP contribution in [0.4, 0.5) is 11.4 Å². The minimum atomic E-state index is -0.227. The molecule has 1 aromatic heterocycles. The SMILES string of the molecule is O=C(/C=C1\Nc2cc(N3CCOCC3)ccc2C2=NCCN21)c1cncc(O)c1. The average molecular weight is 391 g/mol. The van der Waals surface area contributed by atoms with E-state index in [4.69, 9.17) is 4.74 Å². The Bertz CT molecular complexity index is 1030. The summed E-state index contributed by atoms with van der Waals surface area (Å²) in [7, 11) is 0. The molecule has 3 aliphatic rings. The van der Waals surface area contributed by atoms with Crippen molar-refractivity contribution in [2.45, 2.75) is 0 Å². The van der Waals surface area contributed by atoms with E-state index in [-0.39, 0.29) is 11.5 Å². The van der Waals surface area contributed by atoms with Crippen molar-refractivity contribution in [3.05, 3.63) is 59.7 Å². The van der Waals surface area contributed by atoms with Crippen molar-refractivity contribution in [3.63, 3.8) is 0 Å². The lowest BCUT2D eigenvalue weighted by atomic mass is 10.1. The molecule has 2 aromatic rings. The number of amidine groups is 1. The van der Waals surface area contributed by atoms with Crippen molar-refractivity contribution in [2.75, 3.05) is 49.6 Å². The number of morpholine rings is 1. The van der Waals surface area contributed by atoms with Gasteiger partial charge < -0.3 is 25.0 Å². The zero-order chi connectivity index (χ0) is 19.8. The standard InChI is InChI=1S/C21H21N5O3/c27-16-9-14(12-22-13-16)19(28)11-20-24-18-10-15(25-5-7-29-8-6-25)1-2-17(18)21-23-3-4-26(20)21/h1-2,9-13,24,27H,3-8H2/b20-11+. The molecule has 0 aliphatic carbocycles. The highest BCUT2D eigenvalue weighted by atomic mass is 16.5. The van der Waals surface area contributed by atoms with Crippen LogP contribution in [-0.4, -0.2) is 66.0 Å². The Morgan fingerprint density at radius 1 is 1.17 bits per heavy atom. The molecule has 0 unspecified atom stereocenters. The van der Waals surface area contributed by atoms with E-state index in [2.05, 4.69) is 38.4 Å². The van der Waals surface area contributed by atoms with Crippen molar-refractivity contribution < 1.29 is 14.6 Å². The summed E-state index contributed by atoms with van der Waals surface area (Å²) in [4.78, 5) is 25.6. The van der Waals surface area contributed by atoms with E-state index in [1.54, 1.807) is 6.08 Å². The van der Waals surface area contributed by atoms with Crippen molar-refractivity contribution in [1.82, 2.24) is 9.88 Å². The van der Waals surface area contributed by atoms with Gasteiger partial charge in [0.1, 0.15) is 17.4 Å². The predicted molar refractivity (Wildman–Crippen MR) is 110 cm³/mol. The molecule has 1 aromatic carbocycles. The summed E-state index contributed by atoms with van der Waals surface area (Å²) in [5, 5.41) is 13.0. The number of rotatable bonds is 3. The van der Waals surface area contributed by atoms with Crippen LogP contribution in [0.2, 0.25) is 0 Å². The third-order valence-corrected chi connectivity index (χ3v) is 5.29. The van der Waals surface area contributed by atoms with E-state index >= 15 is 0 Å². The van der Waals surface area contributed by atoms with Gasteiger partial charge in [-0.05, 0) is 24.3 Å². The van der Waals surface area contributed by atoms with Gasteiger partial charge in [0.15, 0.2) is 5.78 Å². The number of hydrogen-bond acceptors (Lipinski definition) is 8. The third-order valence-electron chi connectivity index (χ3n) is 5.29. The number of aromatic nitrogens is 1. The van der Waals surface area contributed by atoms with Crippen molar-refractivity contribution in [1.29, 1.82) is 0 Å². The molecule has 1 fully saturated rings. The van der Waals surface area contributed by atoms with Gasteiger partial charge in [-0.15, -0.1) is 0 Å². The zero-order valence-electron chi connectivity index (χ0n) is 15.8. The van der Waals surface area contributed by atoms with Crippen LogP contribution in [0.3, 0.4) is 0 Å². The lowest BCUT2D eigenvalue weighted by molar-refractivity contribution is 0.104. The summed E-state index contributed by atoms with van der Waals surface area (Å²) < 4.78 is 5.45. The quantitative estimate of drug-likeness (QED) is 0.609. The van der Waals surface area contributed by atoms with Crippen LogP contribution in [0.5, 0.6) is 5.75 Å². The number of nitrogens with zero attached hydrogens (tertiary/aromatic N) is 4. The molecule has 2 N–H and O–H groups in total. The number of carbonyl (C=O) groups excluding carboxylic acids is 1. The van der Waals surface area contributed by atoms with Gasteiger partial charge in [-0.25, -0.2) is 0 Å². The molecule has 0 saturated carbocycles. The van der Waals surface area contributed by atoms with Crippen LogP contribution in [0, 0.1) is 0 Å². The van der Waals surface area contributed by atoms with Crippen molar-refractivity contribution >= 4 is 23.0 Å². The molecule has 8 nitrogen and oxygen atoms in total. The second kappa shape index (κ2) is 7.21. The summed E-state index contributed by atoms with van der Waals surface area (Å²) in [6.45, 7) is 4.56. The highest BCUT2D eigenvalue weighted by Gasteiger charge is 2.30. The average Bonchev–Trinajstić information content (AvgIpc) is 3.24. The van der Waals surface area contributed by atoms with Gasteiger partial charge in [0.25, 0.3) is 0 Å². The topological polar surface area (TPSA) is 90.3 Å². The third kappa shape index (κ3) is 3.31. The van der Waals surface area contributed by atoms with Gasteiger partial charge in [0, 0.05) is 48.7 Å². The minimum Gasteiger partial charge on any atom is -0.506 e. The summed E-state index contributed by atoms with van der Waals surface area (Å²) >= 11 is 0. The molecule has 0 bridgehead atoms. The van der Waals surface area contributed by atoms with Gasteiger partial charge in [-0.3, -0.25) is 14.8 Å². The number of nitrogens with one attached hydrogen (secondary N) is 1. The van der Waals surface area contributed by atoms with E-state index in [1.807, 2.05) is 4.90 Å². The van der Waals surface area contributed by atoms with E-state index in [0.717, 1.165) is 49.1 Å². The molecule has 5 rings (SSSR count). The zero-order valence-corrected chi connectivity index (χ0v) is 15.8. The lowest BCUT2D eigenvalue weighted by Crippen LogP contribution is -2.38. The van der Waals surface area contributed by atoms with Gasteiger partial charge in [-0.2, -0.15) is 0 Å². The Hall–Kier alpha value is -3.39. The number of fused-ring (bicyclic) bond motifs is 3. The van der Waals surface area contributed by atoms with Crippen LogP contribution in [0.15, 0.2) is 53.5 Å². The summed E-state index contributed by atoms with van der Waals surface area (Å²) in [6.07, 6.45) is 4.30. The first kappa shape index (κ1) is 17.7. The molecular formula is C21H21N5O3. The van der Waals surface area contributed by atoms with Crippen molar-refractivity contribution in [2.24, 2.45) is 4.99 Å². The summed E-state index contributed by atoms with van der Waals surface area (Å²) in [5.74, 6) is 1.30. The molecule has 3 aliphatic heterocycles. The number of hydrogen-bond donors (Lipinski definition) is 2. The minimum absolute atomic E-state index is 0.0326. The number of benzene rings is 1. The first-order valence-electron chi connectivity index (χ1n) is 9.65. The number of aliphatic imine (C=N–C) groups is 1. The van der Waals surface area contributed by atoms with Gasteiger partial charge in [-0.1, -0.05) is 0 Å². The molecule has 0 atom stereocenters. The summed E-state index contributed by atoms with van der Waals surface area (Å²) in [5.41, 5.74) is 3.42. The Labute approximate surface area is 168 Å². The van der Waals surface area contributed by atoms with Crippen LogP contribution in [0.25, 0.3) is 0 Å². The molecule has 1 saturated heterocycles. The number of allylic oxidation sites excluding steroid dienone is 1. The number of aromatic hydroxyl groups is 1. The van der Waals surface area contributed by atoms with Crippen LogP contribution >= 0.6 is 0 Å². The van der Waals surface area contributed by atoms with Crippen LogP contribution < -0.4 is 10.2 Å². The fraction of sp³-hybridized carbons (Fsp3) is 0.286. The van der Waals surface area contributed by atoms with Gasteiger partial charge >= 0.3 is 0 Å². The maximum atomic E-state index is 12.7. The van der Waals surface area contributed by atoms with Gasteiger partial charge in [0.05, 0.1) is 31.6 Å². The molecular weight excluding hydrogens is 370 g/mol. The number of anilines is 2. The molecule has 148 valence electrons. The number of ether oxygens (including phenoxy) is 1. The molecule has 29 heavy (non-hydrogen) atoms. The highest BCUT2D eigenvalue weighted by Crippen LogP contribution is 2.33. The Morgan fingerprint density at radius 3 is 2.86 bits per heavy atom. The second-order valence-corrected chi connectivity index (χ2v) is 7.14. The van der Waals surface area contributed by atoms with E-state index < -0.39 is 0 Å². The maximum Gasteiger partial charge on any atom is 0.191 e. The Kier molecular flexibility index (Phi) is 4.40. The molecule has 0 amide bonds. The predicted octanol–water partition coefficient (Wildman–Crippen LogP) is 1.84. The maximum absolute atomic E-state index is 12.7. The fourth-order valence-corrected chi connectivity index (χ4v) is 3.85. The van der Waals surface area contributed by atoms with Crippen LogP contribution in [0.1, 0.15) is 15.9 Å². The highest BCUT2D eigenvalue weighted by molar-refractivity contribution is 6.10. The fourth-order valence-electron chi connectivity index (χ4n) is 3.85. The molecule has 0 spiro atoms. The Morgan fingerprint density at radius 2 is 2.03 bits per heavy atom. The lowest BCUT2D eigenvalue weighted by Gasteiger charge is -2.33. The van der Waals surface area contributed by atoms with E-state index in [0.29, 0.717) is 24.5 Å². The van der Waals surface area contributed by atoms with E-state index in [1.165, 1.54) is 18.5 Å². The number of ketones is 1. The number of pyridine rings is 1. The molecule has 4 heterocycles. The van der Waals surface area contributed by atoms with E-state index in [9.17, 15) is 9.90 Å². The monoisotopic (exact) mass is 391 g/mol.